The van der Waals surface area contributed by atoms with Crippen molar-refractivity contribution in [1.82, 2.24) is 10.2 Å². The van der Waals surface area contributed by atoms with Crippen molar-refractivity contribution in [1.29, 1.82) is 0 Å². The molecule has 6 nitrogen and oxygen atoms in total. The molecule has 24 heavy (non-hydrogen) atoms. The first-order chi connectivity index (χ1) is 11.6. The molecule has 0 saturated carbocycles. The maximum atomic E-state index is 12.4. The van der Waals surface area contributed by atoms with Gasteiger partial charge < -0.3 is 20.3 Å². The standard InChI is InChI=1S/C17H24BrN3O3/c1-2-24-12-4-10-19-16(22)15-5-3-11-21(15)17(23)20-14-8-6-13(18)7-9-14/h6-9,15H,2-5,10-12H2,1H3,(H,19,22)(H,20,23). The molecule has 7 heteroatoms. The summed E-state index contributed by atoms with van der Waals surface area (Å²) in [7, 11) is 0. The van der Waals surface area contributed by atoms with Crippen LogP contribution in [-0.2, 0) is 9.53 Å². The zero-order chi connectivity index (χ0) is 17.4. The number of nitrogens with zero attached hydrogens (tertiary/aromatic N) is 1. The lowest BCUT2D eigenvalue weighted by Crippen LogP contribution is -2.47. The van der Waals surface area contributed by atoms with Gasteiger partial charge >= 0.3 is 6.03 Å². The van der Waals surface area contributed by atoms with Gasteiger partial charge in [-0.25, -0.2) is 4.79 Å². The van der Waals surface area contributed by atoms with Crippen LogP contribution in [0.5, 0.6) is 0 Å². The van der Waals surface area contributed by atoms with Crippen molar-refractivity contribution in [2.75, 3.05) is 31.6 Å². The highest BCUT2D eigenvalue weighted by Crippen LogP contribution is 2.20. The summed E-state index contributed by atoms with van der Waals surface area (Å²) in [5, 5.41) is 5.74. The molecule has 3 amide bonds. The van der Waals surface area contributed by atoms with E-state index in [2.05, 4.69) is 26.6 Å². The maximum absolute atomic E-state index is 12.4. The molecule has 1 saturated heterocycles. The van der Waals surface area contributed by atoms with Gasteiger partial charge in [-0.15, -0.1) is 0 Å². The fourth-order valence-electron chi connectivity index (χ4n) is 2.66. The number of hydrogen-bond acceptors (Lipinski definition) is 3. The van der Waals surface area contributed by atoms with Crippen LogP contribution in [0.25, 0.3) is 0 Å². The number of carbonyl (C=O) groups is 2. The van der Waals surface area contributed by atoms with Gasteiger partial charge in [0.05, 0.1) is 0 Å². The fourth-order valence-corrected chi connectivity index (χ4v) is 2.92. The van der Waals surface area contributed by atoms with Crippen molar-refractivity contribution >= 4 is 33.6 Å². The van der Waals surface area contributed by atoms with E-state index in [9.17, 15) is 9.59 Å². The van der Waals surface area contributed by atoms with E-state index in [1.165, 1.54) is 0 Å². The van der Waals surface area contributed by atoms with Gasteiger partial charge in [-0.3, -0.25) is 4.79 Å². The van der Waals surface area contributed by atoms with Crippen LogP contribution in [0.15, 0.2) is 28.7 Å². The minimum Gasteiger partial charge on any atom is -0.382 e. The second-order valence-corrected chi connectivity index (χ2v) is 6.55. The van der Waals surface area contributed by atoms with Crippen molar-refractivity contribution in [3.05, 3.63) is 28.7 Å². The van der Waals surface area contributed by atoms with Crippen LogP contribution < -0.4 is 10.6 Å². The molecule has 0 spiro atoms. The second kappa shape index (κ2) is 9.64. The first-order valence-corrected chi connectivity index (χ1v) is 9.09. The largest absolute Gasteiger partial charge is 0.382 e. The van der Waals surface area contributed by atoms with Gasteiger partial charge in [0, 0.05) is 36.5 Å². The van der Waals surface area contributed by atoms with Crippen LogP contribution in [0.3, 0.4) is 0 Å². The summed E-state index contributed by atoms with van der Waals surface area (Å²) in [5.41, 5.74) is 0.714. The summed E-state index contributed by atoms with van der Waals surface area (Å²) >= 11 is 3.36. The molecule has 0 radical (unpaired) electrons. The number of amides is 3. The SMILES string of the molecule is CCOCCCNC(=O)C1CCCN1C(=O)Nc1ccc(Br)cc1. The highest BCUT2D eigenvalue weighted by molar-refractivity contribution is 9.10. The summed E-state index contributed by atoms with van der Waals surface area (Å²) in [6.45, 7) is 4.42. The van der Waals surface area contributed by atoms with Gasteiger partial charge in [-0.1, -0.05) is 15.9 Å². The Balaban J connectivity index is 1.83. The summed E-state index contributed by atoms with van der Waals surface area (Å²) < 4.78 is 6.20. The smallest absolute Gasteiger partial charge is 0.322 e. The van der Waals surface area contributed by atoms with Gasteiger partial charge in [0.2, 0.25) is 5.91 Å². The lowest BCUT2D eigenvalue weighted by atomic mass is 10.2. The van der Waals surface area contributed by atoms with Crippen LogP contribution in [0.1, 0.15) is 26.2 Å². The van der Waals surface area contributed by atoms with Crippen molar-refractivity contribution in [2.24, 2.45) is 0 Å². The van der Waals surface area contributed by atoms with Gasteiger partial charge in [-0.05, 0) is 50.5 Å². The third kappa shape index (κ3) is 5.49. The number of ether oxygens (including phenoxy) is 1. The number of benzene rings is 1. The van der Waals surface area contributed by atoms with Gasteiger partial charge in [0.25, 0.3) is 0 Å². The summed E-state index contributed by atoms with van der Waals surface area (Å²) in [4.78, 5) is 26.4. The number of hydrogen-bond donors (Lipinski definition) is 2. The van der Waals surface area contributed by atoms with E-state index in [0.717, 1.165) is 17.3 Å². The zero-order valence-electron chi connectivity index (χ0n) is 13.9. The van der Waals surface area contributed by atoms with E-state index in [-0.39, 0.29) is 11.9 Å². The molecule has 1 aliphatic rings. The topological polar surface area (TPSA) is 70.7 Å². The lowest BCUT2D eigenvalue weighted by molar-refractivity contribution is -0.124. The van der Waals surface area contributed by atoms with Crippen LogP contribution in [0.2, 0.25) is 0 Å². The van der Waals surface area contributed by atoms with E-state index in [1.807, 2.05) is 31.2 Å². The van der Waals surface area contributed by atoms with Gasteiger partial charge in [-0.2, -0.15) is 0 Å². The molecule has 2 rings (SSSR count). The molecular formula is C17H24BrN3O3. The van der Waals surface area contributed by atoms with Crippen LogP contribution >= 0.6 is 15.9 Å². The number of rotatable bonds is 7. The second-order valence-electron chi connectivity index (χ2n) is 5.63. The number of carbonyl (C=O) groups excluding carboxylic acids is 2. The summed E-state index contributed by atoms with van der Waals surface area (Å²) in [5.74, 6) is -0.0880. The number of nitrogens with one attached hydrogen (secondary N) is 2. The Kier molecular flexibility index (Phi) is 7.52. The van der Waals surface area contributed by atoms with Crippen LogP contribution in [0.4, 0.5) is 10.5 Å². The lowest BCUT2D eigenvalue weighted by Gasteiger charge is -2.24. The van der Waals surface area contributed by atoms with Crippen molar-refractivity contribution in [3.8, 4) is 0 Å². The molecule has 0 bridgehead atoms. The minimum absolute atomic E-state index is 0.0880. The Morgan fingerprint density at radius 2 is 2.08 bits per heavy atom. The average Bonchev–Trinajstić information content (AvgIpc) is 3.06. The highest BCUT2D eigenvalue weighted by Gasteiger charge is 2.33. The molecular weight excluding hydrogens is 374 g/mol. The number of urea groups is 1. The predicted octanol–water partition coefficient (Wildman–Crippen LogP) is 2.99. The predicted molar refractivity (Wildman–Crippen MR) is 97.0 cm³/mol. The minimum atomic E-state index is -0.396. The molecule has 2 N–H and O–H groups in total. The molecule has 0 aromatic heterocycles. The maximum Gasteiger partial charge on any atom is 0.322 e. The molecule has 1 aliphatic heterocycles. The molecule has 1 atom stereocenters. The molecule has 132 valence electrons. The molecule has 1 heterocycles. The Hall–Kier alpha value is -1.60. The van der Waals surface area contributed by atoms with Crippen LogP contribution in [-0.4, -0.2) is 49.2 Å². The molecule has 1 aromatic carbocycles. The molecule has 0 aliphatic carbocycles. The van der Waals surface area contributed by atoms with E-state index in [0.29, 0.717) is 38.4 Å². The zero-order valence-corrected chi connectivity index (χ0v) is 15.5. The summed E-state index contributed by atoms with van der Waals surface area (Å²) in [6, 6.07) is 6.74. The first kappa shape index (κ1) is 18.7. The quantitative estimate of drug-likeness (QED) is 0.694. The highest BCUT2D eigenvalue weighted by atomic mass is 79.9. The Labute approximate surface area is 151 Å². The number of likely N-dealkylation sites (tertiary alicyclic amines) is 1. The fraction of sp³-hybridized carbons (Fsp3) is 0.529. The van der Waals surface area contributed by atoms with Gasteiger partial charge in [0.1, 0.15) is 6.04 Å². The average molecular weight is 398 g/mol. The van der Waals surface area contributed by atoms with Crippen LogP contribution in [0, 0.1) is 0 Å². The Bertz CT molecular complexity index is 551. The molecule has 1 fully saturated rings. The Morgan fingerprint density at radius 3 is 2.79 bits per heavy atom. The normalized spacial score (nSPS) is 16.9. The number of anilines is 1. The monoisotopic (exact) mass is 397 g/mol. The molecule has 1 aromatic rings. The first-order valence-electron chi connectivity index (χ1n) is 8.30. The van der Waals surface area contributed by atoms with E-state index < -0.39 is 6.04 Å². The van der Waals surface area contributed by atoms with E-state index in [1.54, 1.807) is 4.90 Å². The third-order valence-electron chi connectivity index (χ3n) is 3.88. The van der Waals surface area contributed by atoms with Crippen molar-refractivity contribution < 1.29 is 14.3 Å². The van der Waals surface area contributed by atoms with E-state index in [4.69, 9.17) is 4.74 Å². The van der Waals surface area contributed by atoms with Crippen molar-refractivity contribution in [2.45, 2.75) is 32.2 Å². The summed E-state index contributed by atoms with van der Waals surface area (Å²) in [6.07, 6.45) is 2.31. The van der Waals surface area contributed by atoms with Gasteiger partial charge in [0.15, 0.2) is 0 Å². The van der Waals surface area contributed by atoms with Crippen molar-refractivity contribution in [3.63, 3.8) is 0 Å². The Morgan fingerprint density at radius 1 is 1.33 bits per heavy atom. The van der Waals surface area contributed by atoms with E-state index >= 15 is 0 Å². The third-order valence-corrected chi connectivity index (χ3v) is 4.41. The number of halogens is 1. The molecule has 1 unspecified atom stereocenters.